The molecule has 0 bridgehead atoms. The number of carbonyl (C=O) groups excluding carboxylic acids is 1. The van der Waals surface area contributed by atoms with E-state index >= 15 is 0 Å². The van der Waals surface area contributed by atoms with Crippen LogP contribution >= 0.6 is 23.2 Å². The van der Waals surface area contributed by atoms with Crippen molar-refractivity contribution in [1.82, 2.24) is 10.6 Å². The molecule has 1 fully saturated rings. The summed E-state index contributed by atoms with van der Waals surface area (Å²) < 4.78 is 5.53. The lowest BCUT2D eigenvalue weighted by Gasteiger charge is -2.11. The summed E-state index contributed by atoms with van der Waals surface area (Å²) in [4.78, 5) is 11.7. The summed E-state index contributed by atoms with van der Waals surface area (Å²) in [7, 11) is 0. The summed E-state index contributed by atoms with van der Waals surface area (Å²) in [6.45, 7) is 2.30. The van der Waals surface area contributed by atoms with E-state index in [1.807, 2.05) is 0 Å². The highest BCUT2D eigenvalue weighted by Crippen LogP contribution is 2.27. The first-order valence-corrected chi connectivity index (χ1v) is 7.48. The minimum absolute atomic E-state index is 0.0736. The fourth-order valence-electron chi connectivity index (χ4n) is 2.08. The zero-order valence-corrected chi connectivity index (χ0v) is 12.6. The zero-order chi connectivity index (χ0) is 14.4. The molecule has 1 heterocycles. The second-order valence-electron chi connectivity index (χ2n) is 4.78. The van der Waals surface area contributed by atoms with Gasteiger partial charge in [0.2, 0.25) is 5.91 Å². The van der Waals surface area contributed by atoms with Crippen molar-refractivity contribution in [2.75, 3.05) is 19.7 Å². The lowest BCUT2D eigenvalue weighted by Crippen LogP contribution is -2.36. The van der Waals surface area contributed by atoms with Crippen molar-refractivity contribution in [2.45, 2.75) is 25.3 Å². The average molecular weight is 317 g/mol. The molecule has 20 heavy (non-hydrogen) atoms. The molecule has 1 aliphatic heterocycles. The number of carbonyl (C=O) groups is 1. The van der Waals surface area contributed by atoms with Crippen LogP contribution in [0.1, 0.15) is 19.3 Å². The van der Waals surface area contributed by atoms with E-state index in [1.54, 1.807) is 18.2 Å². The maximum atomic E-state index is 11.7. The lowest BCUT2D eigenvalue weighted by atomic mass is 10.2. The SMILES string of the molecule is O=C(CCCOc1ccc(Cl)cc1Cl)NC1CCNC1. The Kier molecular flexibility index (Phi) is 5.95. The minimum Gasteiger partial charge on any atom is -0.492 e. The van der Waals surface area contributed by atoms with E-state index in [0.717, 1.165) is 19.5 Å². The second kappa shape index (κ2) is 7.72. The summed E-state index contributed by atoms with van der Waals surface area (Å²) in [5, 5.41) is 7.27. The van der Waals surface area contributed by atoms with Crippen LogP contribution in [0.5, 0.6) is 5.75 Å². The molecule has 1 amide bonds. The number of ether oxygens (including phenoxy) is 1. The molecule has 6 heteroatoms. The van der Waals surface area contributed by atoms with E-state index in [-0.39, 0.29) is 11.9 Å². The van der Waals surface area contributed by atoms with E-state index < -0.39 is 0 Å². The Morgan fingerprint density at radius 1 is 1.45 bits per heavy atom. The molecular weight excluding hydrogens is 299 g/mol. The van der Waals surface area contributed by atoms with Crippen LogP contribution < -0.4 is 15.4 Å². The van der Waals surface area contributed by atoms with Gasteiger partial charge in [0.05, 0.1) is 11.6 Å². The molecule has 0 aromatic heterocycles. The molecule has 4 nitrogen and oxygen atoms in total. The lowest BCUT2D eigenvalue weighted by molar-refractivity contribution is -0.121. The molecule has 2 N–H and O–H groups in total. The Bertz CT molecular complexity index is 462. The number of benzene rings is 1. The van der Waals surface area contributed by atoms with Gasteiger partial charge in [-0.3, -0.25) is 4.79 Å². The number of rotatable bonds is 6. The van der Waals surface area contributed by atoms with Crippen molar-refractivity contribution in [3.63, 3.8) is 0 Å². The van der Waals surface area contributed by atoms with E-state index in [0.29, 0.717) is 35.2 Å². The molecule has 1 aliphatic rings. The summed E-state index contributed by atoms with van der Waals surface area (Å²) in [5.41, 5.74) is 0. The fraction of sp³-hybridized carbons (Fsp3) is 0.500. The van der Waals surface area contributed by atoms with Gasteiger partial charge >= 0.3 is 0 Å². The van der Waals surface area contributed by atoms with Crippen LogP contribution in [0.15, 0.2) is 18.2 Å². The first-order chi connectivity index (χ1) is 9.65. The van der Waals surface area contributed by atoms with Crippen LogP contribution in [0.3, 0.4) is 0 Å². The van der Waals surface area contributed by atoms with Crippen LogP contribution in [0.2, 0.25) is 10.0 Å². The van der Waals surface area contributed by atoms with E-state index in [9.17, 15) is 4.79 Å². The standard InChI is InChI=1S/C14H18Cl2N2O2/c15-10-3-4-13(12(16)8-10)20-7-1-2-14(19)18-11-5-6-17-9-11/h3-4,8,11,17H,1-2,5-7,9H2,(H,18,19). The number of amides is 1. The number of hydrogen-bond acceptors (Lipinski definition) is 3. The Morgan fingerprint density at radius 3 is 3.00 bits per heavy atom. The van der Waals surface area contributed by atoms with E-state index in [2.05, 4.69) is 10.6 Å². The van der Waals surface area contributed by atoms with E-state index in [4.69, 9.17) is 27.9 Å². The van der Waals surface area contributed by atoms with Gasteiger partial charge in [-0.25, -0.2) is 0 Å². The Balaban J connectivity index is 1.64. The third-order valence-electron chi connectivity index (χ3n) is 3.13. The normalized spacial score (nSPS) is 18.0. The van der Waals surface area contributed by atoms with Crippen LogP contribution in [0.4, 0.5) is 0 Å². The summed E-state index contributed by atoms with van der Waals surface area (Å²) in [6, 6.07) is 5.37. The largest absolute Gasteiger partial charge is 0.492 e. The predicted octanol–water partition coefficient (Wildman–Crippen LogP) is 2.63. The van der Waals surface area contributed by atoms with Crippen LogP contribution in [-0.2, 0) is 4.79 Å². The molecule has 1 atom stereocenters. The first-order valence-electron chi connectivity index (χ1n) is 6.73. The van der Waals surface area contributed by atoms with Crippen molar-refractivity contribution >= 4 is 29.1 Å². The molecule has 0 spiro atoms. The second-order valence-corrected chi connectivity index (χ2v) is 5.63. The molecule has 0 saturated carbocycles. The molecule has 110 valence electrons. The smallest absolute Gasteiger partial charge is 0.220 e. The molecule has 0 aliphatic carbocycles. The molecule has 1 unspecified atom stereocenters. The molecule has 0 radical (unpaired) electrons. The highest BCUT2D eigenvalue weighted by molar-refractivity contribution is 6.35. The van der Waals surface area contributed by atoms with Gasteiger partial charge in [-0.2, -0.15) is 0 Å². The number of nitrogens with one attached hydrogen (secondary N) is 2. The average Bonchev–Trinajstić information content (AvgIpc) is 2.89. The fourth-order valence-corrected chi connectivity index (χ4v) is 2.55. The molecule has 1 aromatic rings. The van der Waals surface area contributed by atoms with E-state index in [1.165, 1.54) is 0 Å². The highest BCUT2D eigenvalue weighted by atomic mass is 35.5. The van der Waals surface area contributed by atoms with Crippen LogP contribution in [0, 0.1) is 0 Å². The number of halogens is 2. The first kappa shape index (κ1) is 15.4. The quantitative estimate of drug-likeness (QED) is 0.793. The Morgan fingerprint density at radius 2 is 2.30 bits per heavy atom. The third-order valence-corrected chi connectivity index (χ3v) is 3.66. The predicted molar refractivity (Wildman–Crippen MR) is 80.6 cm³/mol. The third kappa shape index (κ3) is 4.85. The zero-order valence-electron chi connectivity index (χ0n) is 11.1. The molecular formula is C14H18Cl2N2O2. The highest BCUT2D eigenvalue weighted by Gasteiger charge is 2.16. The molecule has 1 aromatic carbocycles. The molecule has 1 saturated heterocycles. The van der Waals surface area contributed by atoms with Crippen LogP contribution in [0.25, 0.3) is 0 Å². The van der Waals surface area contributed by atoms with Gasteiger partial charge in [0.1, 0.15) is 5.75 Å². The maximum Gasteiger partial charge on any atom is 0.220 e. The van der Waals surface area contributed by atoms with Crippen LogP contribution in [-0.4, -0.2) is 31.6 Å². The van der Waals surface area contributed by atoms with Crippen molar-refractivity contribution in [2.24, 2.45) is 0 Å². The van der Waals surface area contributed by atoms with Crippen molar-refractivity contribution in [1.29, 1.82) is 0 Å². The maximum absolute atomic E-state index is 11.7. The van der Waals surface area contributed by atoms with Gasteiger partial charge in [-0.15, -0.1) is 0 Å². The Labute approximate surface area is 128 Å². The Hall–Kier alpha value is -0.970. The monoisotopic (exact) mass is 316 g/mol. The van der Waals surface area contributed by atoms with Crippen molar-refractivity contribution in [3.05, 3.63) is 28.2 Å². The summed E-state index contributed by atoms with van der Waals surface area (Å²) in [6.07, 6.45) is 2.12. The van der Waals surface area contributed by atoms with Gasteiger partial charge in [0, 0.05) is 24.0 Å². The number of hydrogen-bond donors (Lipinski definition) is 2. The van der Waals surface area contributed by atoms with Gasteiger partial charge in [0.15, 0.2) is 0 Å². The van der Waals surface area contributed by atoms with Gasteiger partial charge in [0.25, 0.3) is 0 Å². The minimum atomic E-state index is 0.0736. The summed E-state index contributed by atoms with van der Waals surface area (Å²) in [5.74, 6) is 0.668. The van der Waals surface area contributed by atoms with Crippen molar-refractivity contribution < 1.29 is 9.53 Å². The molecule has 2 rings (SSSR count). The van der Waals surface area contributed by atoms with Gasteiger partial charge in [-0.05, 0) is 37.6 Å². The van der Waals surface area contributed by atoms with Crippen molar-refractivity contribution in [3.8, 4) is 5.75 Å². The topological polar surface area (TPSA) is 50.4 Å². The van der Waals surface area contributed by atoms with Gasteiger partial charge < -0.3 is 15.4 Å². The summed E-state index contributed by atoms with van der Waals surface area (Å²) >= 11 is 11.8. The van der Waals surface area contributed by atoms with Gasteiger partial charge in [-0.1, -0.05) is 23.2 Å².